The minimum absolute atomic E-state index is 0.412. The van der Waals surface area contributed by atoms with Crippen LogP contribution in [0.3, 0.4) is 0 Å². The fourth-order valence-electron chi connectivity index (χ4n) is 5.50. The third-order valence-corrected chi connectivity index (χ3v) is 7.27. The summed E-state index contributed by atoms with van der Waals surface area (Å²) in [7, 11) is 0. The van der Waals surface area contributed by atoms with E-state index in [2.05, 4.69) is 142 Å². The second-order valence-corrected chi connectivity index (χ2v) is 9.62. The zero-order chi connectivity index (χ0) is 26.9. The Morgan fingerprint density at radius 3 is 1.57 bits per heavy atom. The van der Waals surface area contributed by atoms with E-state index in [1.807, 2.05) is 12.1 Å². The molecule has 0 radical (unpaired) electrons. The molecule has 5 aromatic carbocycles. The van der Waals surface area contributed by atoms with Gasteiger partial charge in [0.05, 0.1) is 22.7 Å². The average molecular weight is 513 g/mol. The molecular formula is C36H24N4. The van der Waals surface area contributed by atoms with Gasteiger partial charge in [0.15, 0.2) is 0 Å². The first-order valence-electron chi connectivity index (χ1n) is 13.2. The van der Waals surface area contributed by atoms with Gasteiger partial charge in [0.2, 0.25) is 0 Å². The summed E-state index contributed by atoms with van der Waals surface area (Å²) in [5.41, 5.74) is 11.4. The van der Waals surface area contributed by atoms with Gasteiger partial charge in [-0.05, 0) is 77.4 Å². The van der Waals surface area contributed by atoms with E-state index in [0.717, 1.165) is 56.4 Å². The molecule has 0 spiro atoms. The van der Waals surface area contributed by atoms with Gasteiger partial charge in [-0.3, -0.25) is 0 Å². The lowest BCUT2D eigenvalue weighted by Gasteiger charge is -2.40. The van der Waals surface area contributed by atoms with Crippen molar-refractivity contribution in [2.75, 3.05) is 9.80 Å². The summed E-state index contributed by atoms with van der Waals surface area (Å²) in [6.45, 7) is 0. The van der Waals surface area contributed by atoms with Crippen LogP contribution < -0.4 is 9.80 Å². The van der Waals surface area contributed by atoms with Gasteiger partial charge in [-0.2, -0.15) is 5.26 Å². The quantitative estimate of drug-likeness (QED) is 0.235. The summed E-state index contributed by atoms with van der Waals surface area (Å²) in [6, 6.07) is 50.5. The SMILES string of the molecule is N#Cc1ccc(-c2ccccc2-c2cccc(N3c4ccccc4N(c4ccccc4)c4ccccc43)c2)cn1. The maximum atomic E-state index is 9.19. The molecule has 0 atom stereocenters. The highest BCUT2D eigenvalue weighted by molar-refractivity contribution is 6.01. The average Bonchev–Trinajstić information content (AvgIpc) is 3.04. The number of hydrogen-bond acceptors (Lipinski definition) is 4. The molecule has 0 fully saturated rings. The van der Waals surface area contributed by atoms with Crippen LogP contribution in [0.25, 0.3) is 22.3 Å². The van der Waals surface area contributed by atoms with Crippen molar-refractivity contribution >= 4 is 34.1 Å². The van der Waals surface area contributed by atoms with Crippen LogP contribution >= 0.6 is 0 Å². The highest BCUT2D eigenvalue weighted by atomic mass is 15.3. The molecule has 188 valence electrons. The van der Waals surface area contributed by atoms with Crippen molar-refractivity contribution in [3.05, 3.63) is 151 Å². The normalized spacial score (nSPS) is 11.9. The van der Waals surface area contributed by atoms with Crippen LogP contribution in [0.2, 0.25) is 0 Å². The van der Waals surface area contributed by atoms with E-state index in [9.17, 15) is 5.26 Å². The van der Waals surface area contributed by atoms with Crippen LogP contribution in [0.4, 0.5) is 34.1 Å². The predicted molar refractivity (Wildman–Crippen MR) is 163 cm³/mol. The van der Waals surface area contributed by atoms with Crippen molar-refractivity contribution in [3.63, 3.8) is 0 Å². The standard InChI is InChI=1S/C36H24N4/c37-24-28-22-21-27(25-38-28)32-16-5-4-15-31(32)26-11-10-14-30(23-26)40-35-19-8-6-17-33(35)39(29-12-2-1-3-13-29)34-18-7-9-20-36(34)40/h1-23,25H. The Balaban J connectivity index is 1.38. The minimum Gasteiger partial charge on any atom is -0.306 e. The zero-order valence-corrected chi connectivity index (χ0v) is 21.6. The maximum Gasteiger partial charge on any atom is 0.140 e. The number of fused-ring (bicyclic) bond motifs is 2. The summed E-state index contributed by atoms with van der Waals surface area (Å²) >= 11 is 0. The number of anilines is 6. The molecule has 4 nitrogen and oxygen atoms in total. The Kier molecular flexibility index (Phi) is 5.81. The molecule has 6 aromatic rings. The van der Waals surface area contributed by atoms with Gasteiger partial charge >= 0.3 is 0 Å². The van der Waals surface area contributed by atoms with E-state index in [4.69, 9.17) is 0 Å². The van der Waals surface area contributed by atoms with Gasteiger partial charge in [-0.15, -0.1) is 0 Å². The molecule has 2 heterocycles. The predicted octanol–water partition coefficient (Wildman–Crippen LogP) is 9.54. The highest BCUT2D eigenvalue weighted by Crippen LogP contribution is 2.54. The van der Waals surface area contributed by atoms with Gasteiger partial charge < -0.3 is 9.80 Å². The van der Waals surface area contributed by atoms with Crippen LogP contribution in [0.5, 0.6) is 0 Å². The Morgan fingerprint density at radius 1 is 0.475 bits per heavy atom. The number of nitriles is 1. The van der Waals surface area contributed by atoms with Crippen LogP contribution in [-0.2, 0) is 0 Å². The summed E-state index contributed by atoms with van der Waals surface area (Å²) in [5.74, 6) is 0. The van der Waals surface area contributed by atoms with Crippen molar-refractivity contribution < 1.29 is 0 Å². The molecule has 7 rings (SSSR count). The lowest BCUT2D eigenvalue weighted by atomic mass is 9.94. The molecule has 1 aliphatic rings. The van der Waals surface area contributed by atoms with Crippen LogP contribution in [0.15, 0.2) is 146 Å². The molecule has 40 heavy (non-hydrogen) atoms. The highest BCUT2D eigenvalue weighted by Gasteiger charge is 2.30. The maximum absolute atomic E-state index is 9.19. The molecule has 4 heteroatoms. The molecule has 0 bridgehead atoms. The molecule has 0 N–H and O–H groups in total. The fraction of sp³-hybridized carbons (Fsp3) is 0. The van der Waals surface area contributed by atoms with E-state index < -0.39 is 0 Å². The zero-order valence-electron chi connectivity index (χ0n) is 21.6. The van der Waals surface area contributed by atoms with E-state index in [1.165, 1.54) is 0 Å². The molecule has 1 aliphatic heterocycles. The lowest BCUT2D eigenvalue weighted by molar-refractivity contribution is 1.17. The fourth-order valence-corrected chi connectivity index (χ4v) is 5.50. The number of para-hydroxylation sites is 5. The molecular weight excluding hydrogens is 488 g/mol. The van der Waals surface area contributed by atoms with Crippen molar-refractivity contribution in [3.8, 4) is 28.3 Å². The topological polar surface area (TPSA) is 43.2 Å². The number of benzene rings is 5. The molecule has 0 saturated heterocycles. The molecule has 0 aliphatic carbocycles. The first-order valence-corrected chi connectivity index (χ1v) is 13.2. The number of nitrogens with zero attached hydrogens (tertiary/aromatic N) is 4. The van der Waals surface area contributed by atoms with Gasteiger partial charge in [0.25, 0.3) is 0 Å². The molecule has 0 unspecified atom stereocenters. The van der Waals surface area contributed by atoms with Crippen LogP contribution in [-0.4, -0.2) is 4.98 Å². The summed E-state index contributed by atoms with van der Waals surface area (Å²) in [4.78, 5) is 8.99. The van der Waals surface area contributed by atoms with Crippen molar-refractivity contribution in [2.24, 2.45) is 0 Å². The first kappa shape index (κ1) is 23.5. The number of rotatable bonds is 4. The van der Waals surface area contributed by atoms with Crippen molar-refractivity contribution in [1.29, 1.82) is 5.26 Å². The number of pyridine rings is 1. The van der Waals surface area contributed by atoms with Gasteiger partial charge in [0.1, 0.15) is 11.8 Å². The van der Waals surface area contributed by atoms with Gasteiger partial charge in [0, 0.05) is 23.1 Å². The third-order valence-electron chi connectivity index (χ3n) is 7.27. The summed E-state index contributed by atoms with van der Waals surface area (Å²) in [6.07, 6.45) is 1.77. The van der Waals surface area contributed by atoms with E-state index in [1.54, 1.807) is 12.3 Å². The monoisotopic (exact) mass is 512 g/mol. The Hall–Kier alpha value is -5.66. The van der Waals surface area contributed by atoms with Crippen LogP contribution in [0.1, 0.15) is 5.69 Å². The summed E-state index contributed by atoms with van der Waals surface area (Å²) < 4.78 is 0. The van der Waals surface area contributed by atoms with Crippen molar-refractivity contribution in [1.82, 2.24) is 4.98 Å². The van der Waals surface area contributed by atoms with Gasteiger partial charge in [-0.1, -0.05) is 78.9 Å². The second kappa shape index (κ2) is 9.90. The van der Waals surface area contributed by atoms with E-state index in [-0.39, 0.29) is 0 Å². The smallest absolute Gasteiger partial charge is 0.140 e. The number of aromatic nitrogens is 1. The molecule has 0 amide bonds. The van der Waals surface area contributed by atoms with Gasteiger partial charge in [-0.25, -0.2) is 4.98 Å². The number of hydrogen-bond donors (Lipinski definition) is 0. The molecule has 1 aromatic heterocycles. The second-order valence-electron chi connectivity index (χ2n) is 9.62. The summed E-state index contributed by atoms with van der Waals surface area (Å²) in [5, 5.41) is 9.19. The van der Waals surface area contributed by atoms with Crippen molar-refractivity contribution in [2.45, 2.75) is 0 Å². The lowest BCUT2D eigenvalue weighted by Crippen LogP contribution is -2.23. The minimum atomic E-state index is 0.412. The van der Waals surface area contributed by atoms with Crippen LogP contribution in [0, 0.1) is 11.3 Å². The van der Waals surface area contributed by atoms with E-state index >= 15 is 0 Å². The first-order chi connectivity index (χ1) is 19.8. The molecule has 0 saturated carbocycles. The Bertz CT molecular complexity index is 1820. The Labute approximate surface area is 233 Å². The van der Waals surface area contributed by atoms with E-state index in [0.29, 0.717) is 5.69 Å². The third kappa shape index (κ3) is 3.98. The Morgan fingerprint density at radius 2 is 1.00 bits per heavy atom. The largest absolute Gasteiger partial charge is 0.306 e.